The summed E-state index contributed by atoms with van der Waals surface area (Å²) in [6, 6.07) is 2.12. The maximum Gasteiger partial charge on any atom is 0.276 e. The predicted molar refractivity (Wildman–Crippen MR) is 107 cm³/mol. The van der Waals surface area contributed by atoms with E-state index in [9.17, 15) is 14.9 Å². The van der Waals surface area contributed by atoms with E-state index in [1.54, 1.807) is 4.90 Å². The van der Waals surface area contributed by atoms with Gasteiger partial charge in [0.05, 0.1) is 6.20 Å². The van der Waals surface area contributed by atoms with Crippen LogP contribution in [0.3, 0.4) is 0 Å². The van der Waals surface area contributed by atoms with Crippen LogP contribution < -0.4 is 4.90 Å². The van der Waals surface area contributed by atoms with E-state index in [0.29, 0.717) is 49.6 Å². The van der Waals surface area contributed by atoms with Crippen LogP contribution in [0.25, 0.3) is 0 Å². The third kappa shape index (κ3) is 3.97. The second kappa shape index (κ2) is 8.02. The highest BCUT2D eigenvalue weighted by molar-refractivity contribution is 5.92. The van der Waals surface area contributed by atoms with Crippen LogP contribution in [0.1, 0.15) is 53.7 Å². The van der Waals surface area contributed by atoms with Crippen LogP contribution in [0.5, 0.6) is 0 Å². The molecule has 1 saturated carbocycles. The molecular formula is C20H24N8O3. The summed E-state index contributed by atoms with van der Waals surface area (Å²) in [5.41, 5.74) is 0.545. The number of amides is 2. The second-order valence-corrected chi connectivity index (χ2v) is 8.26. The van der Waals surface area contributed by atoms with Crippen molar-refractivity contribution in [3.05, 3.63) is 23.5 Å². The highest BCUT2D eigenvalue weighted by Crippen LogP contribution is 2.41. The average Bonchev–Trinajstić information content (AvgIpc) is 3.20. The molecule has 1 aliphatic carbocycles. The molecule has 0 N–H and O–H groups in total. The normalized spacial score (nSPS) is 19.0. The first-order valence-electron chi connectivity index (χ1n) is 10.8. The zero-order valence-corrected chi connectivity index (χ0v) is 17.2. The number of likely N-dealkylation sites (tertiary alicyclic amines) is 1. The van der Waals surface area contributed by atoms with Crippen molar-refractivity contribution in [2.45, 2.75) is 38.1 Å². The van der Waals surface area contributed by atoms with Gasteiger partial charge < -0.3 is 19.1 Å². The molecule has 3 aliphatic rings. The Morgan fingerprint density at radius 2 is 1.84 bits per heavy atom. The topological polar surface area (TPSA) is 124 Å². The van der Waals surface area contributed by atoms with Crippen LogP contribution in [-0.2, 0) is 11.3 Å². The second-order valence-electron chi connectivity index (χ2n) is 8.26. The lowest BCUT2D eigenvalue weighted by molar-refractivity contribution is -0.130. The van der Waals surface area contributed by atoms with E-state index in [0.717, 1.165) is 38.8 Å². The summed E-state index contributed by atoms with van der Waals surface area (Å²) in [7, 11) is 0. The largest absolute Gasteiger partial charge is 0.423 e. The van der Waals surface area contributed by atoms with Crippen molar-refractivity contribution >= 4 is 17.7 Å². The number of nitrogens with zero attached hydrogens (tertiary/aromatic N) is 8. The first kappa shape index (κ1) is 19.5. The lowest BCUT2D eigenvalue weighted by atomic mass is 10.2. The molecule has 5 rings (SSSR count). The minimum absolute atomic E-state index is 0.000865. The van der Waals surface area contributed by atoms with Gasteiger partial charge in [-0.2, -0.15) is 5.26 Å². The molecule has 2 aromatic rings. The van der Waals surface area contributed by atoms with E-state index in [1.165, 1.54) is 10.9 Å². The summed E-state index contributed by atoms with van der Waals surface area (Å²) in [6.45, 7) is 3.70. The lowest BCUT2D eigenvalue weighted by Crippen LogP contribution is -2.49. The monoisotopic (exact) mass is 424 g/mol. The quantitative estimate of drug-likeness (QED) is 0.683. The summed E-state index contributed by atoms with van der Waals surface area (Å²) in [6.07, 6.45) is 5.71. The molecule has 2 amide bonds. The van der Waals surface area contributed by atoms with Crippen molar-refractivity contribution in [2.75, 3.05) is 44.2 Å². The van der Waals surface area contributed by atoms with Crippen molar-refractivity contribution in [1.82, 2.24) is 29.8 Å². The number of rotatable bonds is 5. The van der Waals surface area contributed by atoms with Gasteiger partial charge in [-0.3, -0.25) is 9.59 Å². The van der Waals surface area contributed by atoms with Crippen LogP contribution in [0, 0.1) is 11.3 Å². The Morgan fingerprint density at radius 1 is 1.10 bits per heavy atom. The van der Waals surface area contributed by atoms with Gasteiger partial charge in [-0.25, -0.2) is 9.67 Å². The molecule has 2 aromatic heterocycles. The van der Waals surface area contributed by atoms with Crippen LogP contribution in [0.2, 0.25) is 0 Å². The van der Waals surface area contributed by atoms with Crippen LogP contribution in [-0.4, -0.2) is 80.9 Å². The Balaban J connectivity index is 1.18. The highest BCUT2D eigenvalue weighted by atomic mass is 16.4. The van der Waals surface area contributed by atoms with Gasteiger partial charge in [-0.05, 0) is 25.7 Å². The molecule has 2 saturated heterocycles. The summed E-state index contributed by atoms with van der Waals surface area (Å²) in [4.78, 5) is 34.9. The zero-order chi connectivity index (χ0) is 21.4. The Kier molecular flexibility index (Phi) is 5.05. The Morgan fingerprint density at radius 3 is 2.52 bits per heavy atom. The number of oxazole rings is 1. The van der Waals surface area contributed by atoms with E-state index in [2.05, 4.69) is 21.4 Å². The van der Waals surface area contributed by atoms with Gasteiger partial charge in [0.2, 0.25) is 23.4 Å². The molecule has 0 bridgehead atoms. The standard InChI is InChI=1S/C20H24N8O3/c21-11-15-20(31-18(22-15)14-3-4-14)27-9-7-26(8-10-27)19(30)16-12-28(24-23-16)13-17(29)25-5-1-2-6-25/h12,14H,1-10,13H2. The Labute approximate surface area is 179 Å². The van der Waals surface area contributed by atoms with Gasteiger partial charge in [0, 0.05) is 45.2 Å². The minimum Gasteiger partial charge on any atom is -0.423 e. The number of piperazine rings is 1. The maximum atomic E-state index is 12.8. The molecule has 0 aromatic carbocycles. The molecule has 3 fully saturated rings. The van der Waals surface area contributed by atoms with E-state index in [-0.39, 0.29) is 24.1 Å². The van der Waals surface area contributed by atoms with Crippen molar-refractivity contribution in [3.8, 4) is 6.07 Å². The summed E-state index contributed by atoms with van der Waals surface area (Å²) in [5, 5.41) is 17.3. The first-order valence-corrected chi connectivity index (χ1v) is 10.8. The highest BCUT2D eigenvalue weighted by Gasteiger charge is 2.33. The first-order chi connectivity index (χ1) is 15.1. The molecule has 162 valence electrons. The molecule has 11 nitrogen and oxygen atoms in total. The summed E-state index contributed by atoms with van der Waals surface area (Å²) < 4.78 is 7.29. The predicted octanol–water partition coefficient (Wildman–Crippen LogP) is 0.600. The smallest absolute Gasteiger partial charge is 0.276 e. The molecule has 0 spiro atoms. The SMILES string of the molecule is N#Cc1nc(C2CC2)oc1N1CCN(C(=O)c2cn(CC(=O)N3CCCC3)nn2)CC1. The lowest BCUT2D eigenvalue weighted by Gasteiger charge is -2.34. The van der Waals surface area contributed by atoms with Gasteiger partial charge in [0.15, 0.2) is 5.69 Å². The van der Waals surface area contributed by atoms with E-state index in [1.807, 2.05) is 9.80 Å². The van der Waals surface area contributed by atoms with Gasteiger partial charge >= 0.3 is 0 Å². The maximum absolute atomic E-state index is 12.8. The molecule has 2 aliphatic heterocycles. The summed E-state index contributed by atoms with van der Waals surface area (Å²) >= 11 is 0. The minimum atomic E-state index is -0.212. The van der Waals surface area contributed by atoms with E-state index < -0.39 is 0 Å². The number of carbonyl (C=O) groups is 2. The van der Waals surface area contributed by atoms with Gasteiger partial charge in [0.1, 0.15) is 12.6 Å². The molecular weight excluding hydrogens is 400 g/mol. The van der Waals surface area contributed by atoms with Crippen LogP contribution in [0.4, 0.5) is 5.88 Å². The van der Waals surface area contributed by atoms with E-state index >= 15 is 0 Å². The molecule has 0 atom stereocenters. The van der Waals surface area contributed by atoms with Gasteiger partial charge in [-0.15, -0.1) is 5.10 Å². The van der Waals surface area contributed by atoms with Crippen molar-refractivity contribution in [1.29, 1.82) is 5.26 Å². The molecule has 11 heteroatoms. The summed E-state index contributed by atoms with van der Waals surface area (Å²) in [5.74, 6) is 1.27. The van der Waals surface area contributed by atoms with Crippen LogP contribution in [0.15, 0.2) is 10.6 Å². The number of anilines is 1. The Hall–Kier alpha value is -3.42. The number of nitriles is 1. The molecule has 4 heterocycles. The van der Waals surface area contributed by atoms with Gasteiger partial charge in [0.25, 0.3) is 5.91 Å². The van der Waals surface area contributed by atoms with Crippen molar-refractivity contribution in [2.24, 2.45) is 0 Å². The van der Waals surface area contributed by atoms with Gasteiger partial charge in [-0.1, -0.05) is 5.21 Å². The average molecular weight is 424 g/mol. The fraction of sp³-hybridized carbons (Fsp3) is 0.600. The molecule has 0 unspecified atom stereocenters. The van der Waals surface area contributed by atoms with Crippen molar-refractivity contribution < 1.29 is 14.0 Å². The molecule has 31 heavy (non-hydrogen) atoms. The number of aromatic nitrogens is 4. The zero-order valence-electron chi connectivity index (χ0n) is 17.2. The molecule has 0 radical (unpaired) electrons. The fourth-order valence-corrected chi connectivity index (χ4v) is 4.07. The number of carbonyl (C=O) groups excluding carboxylic acids is 2. The number of hydrogen-bond acceptors (Lipinski definition) is 8. The van der Waals surface area contributed by atoms with Crippen LogP contribution >= 0.6 is 0 Å². The third-order valence-corrected chi connectivity index (χ3v) is 6.03. The Bertz CT molecular complexity index is 1020. The van der Waals surface area contributed by atoms with E-state index in [4.69, 9.17) is 4.42 Å². The third-order valence-electron chi connectivity index (χ3n) is 6.03. The van der Waals surface area contributed by atoms with Crippen molar-refractivity contribution in [3.63, 3.8) is 0 Å². The fourth-order valence-electron chi connectivity index (χ4n) is 4.07. The number of hydrogen-bond donors (Lipinski definition) is 0.